The van der Waals surface area contributed by atoms with Crippen LogP contribution in [0.1, 0.15) is 5.56 Å². The van der Waals surface area contributed by atoms with Crippen LogP contribution >= 0.6 is 22.7 Å². The van der Waals surface area contributed by atoms with Gasteiger partial charge in [-0.05, 0) is 35.7 Å². The minimum atomic E-state index is 0.613. The number of anilines is 1. The Morgan fingerprint density at radius 3 is 2.50 bits per heavy atom. The van der Waals surface area contributed by atoms with Crippen molar-refractivity contribution in [2.75, 3.05) is 5.43 Å². The average molecular weight is 454 g/mol. The summed E-state index contributed by atoms with van der Waals surface area (Å²) in [6, 6.07) is 21.9. The van der Waals surface area contributed by atoms with E-state index in [-0.39, 0.29) is 0 Å². The van der Waals surface area contributed by atoms with Crippen molar-refractivity contribution in [2.24, 2.45) is 5.10 Å². The fraction of sp³-hybridized carbons (Fsp3) is 0. The van der Waals surface area contributed by atoms with Crippen LogP contribution in [-0.4, -0.2) is 30.9 Å². The Morgan fingerprint density at radius 2 is 1.69 bits per heavy atom. The van der Waals surface area contributed by atoms with Crippen LogP contribution in [0.4, 0.5) is 5.13 Å². The van der Waals surface area contributed by atoms with Crippen LogP contribution in [0.5, 0.6) is 0 Å². The smallest absolute Gasteiger partial charge is 0.207 e. The second kappa shape index (κ2) is 7.95. The topological polar surface area (TPSA) is 80.9 Å². The molecule has 32 heavy (non-hydrogen) atoms. The molecule has 0 fully saturated rings. The van der Waals surface area contributed by atoms with E-state index in [2.05, 4.69) is 31.5 Å². The molecule has 2 aromatic carbocycles. The predicted octanol–water partition coefficient (Wildman–Crippen LogP) is 5.60. The predicted molar refractivity (Wildman–Crippen MR) is 131 cm³/mol. The Labute approximate surface area is 190 Å². The normalized spacial score (nSPS) is 11.6. The lowest BCUT2D eigenvalue weighted by Crippen LogP contribution is -1.93. The van der Waals surface area contributed by atoms with Crippen molar-refractivity contribution in [3.8, 4) is 16.3 Å². The maximum Gasteiger partial charge on any atom is 0.207 e. The number of rotatable bonds is 5. The number of aromatic nitrogens is 5. The van der Waals surface area contributed by atoms with Crippen molar-refractivity contribution >= 4 is 55.5 Å². The highest BCUT2D eigenvalue weighted by atomic mass is 32.1. The van der Waals surface area contributed by atoms with E-state index in [1.807, 2.05) is 76.9 Å². The molecule has 0 aliphatic carbocycles. The number of para-hydroxylation sites is 3. The van der Waals surface area contributed by atoms with E-state index in [0.717, 1.165) is 37.7 Å². The van der Waals surface area contributed by atoms with E-state index < -0.39 is 0 Å². The van der Waals surface area contributed by atoms with Gasteiger partial charge >= 0.3 is 0 Å². The summed E-state index contributed by atoms with van der Waals surface area (Å²) >= 11 is 3.07. The Hall–Kier alpha value is -3.95. The summed E-state index contributed by atoms with van der Waals surface area (Å²) in [4.78, 5) is 15.6. The van der Waals surface area contributed by atoms with Crippen LogP contribution in [0.15, 0.2) is 83.4 Å². The molecule has 9 heteroatoms. The summed E-state index contributed by atoms with van der Waals surface area (Å²) in [5.41, 5.74) is 8.10. The number of thiophene rings is 1. The first-order valence-electron chi connectivity index (χ1n) is 9.85. The van der Waals surface area contributed by atoms with Crippen molar-refractivity contribution in [1.29, 1.82) is 0 Å². The fourth-order valence-corrected chi connectivity index (χ4v) is 4.80. The van der Waals surface area contributed by atoms with Crippen molar-refractivity contribution in [3.05, 3.63) is 83.9 Å². The summed E-state index contributed by atoms with van der Waals surface area (Å²) in [5, 5.41) is 11.9. The summed E-state index contributed by atoms with van der Waals surface area (Å²) in [5.74, 6) is 0. The summed E-state index contributed by atoms with van der Waals surface area (Å²) in [6.45, 7) is 0. The van der Waals surface area contributed by atoms with Gasteiger partial charge in [0.15, 0.2) is 10.5 Å². The third-order valence-electron chi connectivity index (χ3n) is 4.80. The molecule has 7 nitrogen and oxygen atoms in total. The molecular formula is C23H15N7S2. The summed E-state index contributed by atoms with van der Waals surface area (Å²) < 4.78 is 1.87. The quantitative estimate of drug-likeness (QED) is 0.271. The van der Waals surface area contributed by atoms with Gasteiger partial charge in [0.25, 0.3) is 0 Å². The van der Waals surface area contributed by atoms with Gasteiger partial charge in [-0.3, -0.25) is 5.43 Å². The SMILES string of the molecule is C(=N/Nc1nc2nc3ccccc3nc2s1)/c1cn(-c2ccccc2)nc1-c1cccs1. The van der Waals surface area contributed by atoms with E-state index in [9.17, 15) is 0 Å². The van der Waals surface area contributed by atoms with Gasteiger partial charge in [0.05, 0.1) is 27.8 Å². The lowest BCUT2D eigenvalue weighted by molar-refractivity contribution is 0.885. The maximum atomic E-state index is 4.79. The standard InChI is InChI=1S/C23H15N7S2/c1-2-7-16(8-3-1)30-14-15(20(29-30)19-11-6-12-31-19)13-24-28-23-27-21-22(32-23)26-18-10-5-4-9-17(18)25-21/h1-14H,(H,25,27,28)/b24-13-. The fourth-order valence-electron chi connectivity index (χ4n) is 3.33. The minimum absolute atomic E-state index is 0.613. The van der Waals surface area contributed by atoms with Gasteiger partial charge in [-0.25, -0.2) is 14.6 Å². The highest BCUT2D eigenvalue weighted by molar-refractivity contribution is 7.21. The molecular weight excluding hydrogens is 438 g/mol. The number of thiazole rings is 1. The molecule has 6 rings (SSSR count). The number of nitrogens with one attached hydrogen (secondary N) is 1. The molecule has 0 saturated heterocycles. The van der Waals surface area contributed by atoms with Gasteiger partial charge in [-0.2, -0.15) is 15.2 Å². The Bertz CT molecular complexity index is 1500. The van der Waals surface area contributed by atoms with Gasteiger partial charge in [0, 0.05) is 11.8 Å². The average Bonchev–Trinajstić information content (AvgIpc) is 3.57. The number of benzene rings is 2. The molecule has 0 unspecified atom stereocenters. The van der Waals surface area contributed by atoms with Crippen molar-refractivity contribution in [3.63, 3.8) is 0 Å². The first-order valence-corrected chi connectivity index (χ1v) is 11.5. The van der Waals surface area contributed by atoms with Gasteiger partial charge in [-0.15, -0.1) is 11.3 Å². The van der Waals surface area contributed by atoms with Gasteiger partial charge in [0.1, 0.15) is 5.69 Å². The molecule has 0 spiro atoms. The Morgan fingerprint density at radius 1 is 0.875 bits per heavy atom. The van der Waals surface area contributed by atoms with Gasteiger partial charge in [0.2, 0.25) is 5.13 Å². The number of hydrogen-bond donors (Lipinski definition) is 1. The molecule has 6 aromatic rings. The van der Waals surface area contributed by atoms with Crippen LogP contribution < -0.4 is 5.43 Å². The molecule has 0 amide bonds. The number of fused-ring (bicyclic) bond motifs is 2. The maximum absolute atomic E-state index is 4.79. The highest BCUT2D eigenvalue weighted by Gasteiger charge is 2.12. The molecule has 0 aliphatic rings. The third-order valence-corrected chi connectivity index (χ3v) is 6.52. The van der Waals surface area contributed by atoms with E-state index in [4.69, 9.17) is 5.10 Å². The van der Waals surface area contributed by atoms with Gasteiger partial charge < -0.3 is 0 Å². The molecule has 154 valence electrons. The molecule has 1 N–H and O–H groups in total. The van der Waals surface area contributed by atoms with Crippen LogP contribution in [0.25, 0.3) is 37.8 Å². The van der Waals surface area contributed by atoms with Crippen LogP contribution in [0.3, 0.4) is 0 Å². The van der Waals surface area contributed by atoms with Crippen LogP contribution in [0, 0.1) is 0 Å². The van der Waals surface area contributed by atoms with Gasteiger partial charge in [-0.1, -0.05) is 47.7 Å². The van der Waals surface area contributed by atoms with Crippen LogP contribution in [-0.2, 0) is 0 Å². The highest BCUT2D eigenvalue weighted by Crippen LogP contribution is 2.28. The van der Waals surface area contributed by atoms with E-state index in [1.54, 1.807) is 17.6 Å². The van der Waals surface area contributed by atoms with E-state index in [1.165, 1.54) is 11.3 Å². The van der Waals surface area contributed by atoms with Crippen molar-refractivity contribution in [1.82, 2.24) is 24.7 Å². The second-order valence-corrected chi connectivity index (χ2v) is 8.85. The van der Waals surface area contributed by atoms with Crippen molar-refractivity contribution < 1.29 is 0 Å². The lowest BCUT2D eigenvalue weighted by atomic mass is 10.2. The molecule has 4 aromatic heterocycles. The minimum Gasteiger partial charge on any atom is -0.253 e. The third kappa shape index (κ3) is 3.53. The zero-order chi connectivity index (χ0) is 21.3. The molecule has 0 saturated carbocycles. The molecule has 4 heterocycles. The number of hydrazone groups is 1. The number of nitrogens with zero attached hydrogens (tertiary/aromatic N) is 6. The monoisotopic (exact) mass is 453 g/mol. The molecule has 0 atom stereocenters. The lowest BCUT2D eigenvalue weighted by Gasteiger charge is -1.98. The van der Waals surface area contributed by atoms with Crippen LogP contribution in [0.2, 0.25) is 0 Å². The van der Waals surface area contributed by atoms with E-state index >= 15 is 0 Å². The Kier molecular flexibility index (Phi) is 4.67. The summed E-state index contributed by atoms with van der Waals surface area (Å²) in [7, 11) is 0. The largest absolute Gasteiger partial charge is 0.253 e. The second-order valence-electron chi connectivity index (χ2n) is 6.92. The zero-order valence-electron chi connectivity index (χ0n) is 16.6. The molecule has 0 aliphatic heterocycles. The first kappa shape index (κ1) is 18.8. The zero-order valence-corrected chi connectivity index (χ0v) is 18.2. The number of hydrogen-bond acceptors (Lipinski definition) is 8. The molecule has 0 radical (unpaired) electrons. The van der Waals surface area contributed by atoms with Crippen molar-refractivity contribution in [2.45, 2.75) is 0 Å². The molecule has 0 bridgehead atoms. The Balaban J connectivity index is 1.31. The first-order chi connectivity index (χ1) is 15.8. The summed E-state index contributed by atoms with van der Waals surface area (Å²) in [6.07, 6.45) is 3.74. The van der Waals surface area contributed by atoms with E-state index in [0.29, 0.717) is 10.8 Å².